The first-order valence-corrected chi connectivity index (χ1v) is 8.26. The molecule has 0 saturated carbocycles. The van der Waals surface area contributed by atoms with Gasteiger partial charge in [-0.1, -0.05) is 6.07 Å². The van der Waals surface area contributed by atoms with Crippen molar-refractivity contribution in [2.24, 2.45) is 0 Å². The summed E-state index contributed by atoms with van der Waals surface area (Å²) in [7, 11) is 0. The van der Waals surface area contributed by atoms with Gasteiger partial charge in [-0.2, -0.15) is 0 Å². The average molecular weight is 320 g/mol. The Labute approximate surface area is 136 Å². The molecule has 1 aromatic carbocycles. The number of amides is 1. The van der Waals surface area contributed by atoms with E-state index in [1.165, 1.54) is 0 Å². The van der Waals surface area contributed by atoms with E-state index in [-0.39, 0.29) is 12.0 Å². The number of rotatable bonds is 5. The van der Waals surface area contributed by atoms with Gasteiger partial charge in [-0.25, -0.2) is 0 Å². The number of β-amino-alcohol motifs (C(OH)–C–C–N with tert-alkyl or cyclic N) is 1. The Hall–Kier alpha value is -1.79. The molecule has 0 spiro atoms. The van der Waals surface area contributed by atoms with Gasteiger partial charge in [0.25, 0.3) is 0 Å². The normalized spacial score (nSPS) is 21.0. The monoisotopic (exact) mass is 320 g/mol. The number of carbonyl (C=O) groups is 1. The van der Waals surface area contributed by atoms with Gasteiger partial charge < -0.3 is 19.9 Å². The molecule has 2 aliphatic rings. The lowest BCUT2D eigenvalue weighted by Gasteiger charge is -2.29. The summed E-state index contributed by atoms with van der Waals surface area (Å²) in [5.74, 6) is 1.58. The van der Waals surface area contributed by atoms with Gasteiger partial charge in [0.1, 0.15) is 13.2 Å². The highest BCUT2D eigenvalue weighted by molar-refractivity contribution is 5.78. The van der Waals surface area contributed by atoms with Gasteiger partial charge in [0, 0.05) is 13.1 Å². The van der Waals surface area contributed by atoms with E-state index in [0.717, 1.165) is 42.9 Å². The highest BCUT2D eigenvalue weighted by atomic mass is 16.6. The molecule has 23 heavy (non-hydrogen) atoms. The van der Waals surface area contributed by atoms with Crippen molar-refractivity contribution in [3.05, 3.63) is 23.8 Å². The third-order valence-corrected chi connectivity index (χ3v) is 4.19. The van der Waals surface area contributed by atoms with Gasteiger partial charge >= 0.3 is 0 Å². The molecule has 1 unspecified atom stereocenters. The van der Waals surface area contributed by atoms with Crippen LogP contribution in [0.15, 0.2) is 18.2 Å². The van der Waals surface area contributed by atoms with Crippen LogP contribution < -0.4 is 14.8 Å². The smallest absolute Gasteiger partial charge is 0.234 e. The van der Waals surface area contributed by atoms with Gasteiger partial charge in [-0.05, 0) is 43.5 Å². The van der Waals surface area contributed by atoms with Crippen molar-refractivity contribution in [1.29, 1.82) is 0 Å². The third-order valence-electron chi connectivity index (χ3n) is 4.19. The molecule has 6 nitrogen and oxygen atoms in total. The lowest BCUT2D eigenvalue weighted by molar-refractivity contribution is -0.122. The van der Waals surface area contributed by atoms with Crippen molar-refractivity contribution in [1.82, 2.24) is 10.2 Å². The van der Waals surface area contributed by atoms with E-state index < -0.39 is 0 Å². The van der Waals surface area contributed by atoms with Crippen molar-refractivity contribution >= 4 is 5.91 Å². The van der Waals surface area contributed by atoms with Crippen molar-refractivity contribution in [3.8, 4) is 11.5 Å². The summed E-state index contributed by atoms with van der Waals surface area (Å²) in [4.78, 5) is 14.0. The molecule has 2 N–H and O–H groups in total. The Balaban J connectivity index is 1.41. The SMILES string of the molecule is O=C(CN1CCCC(O)C1)NCCc1ccc2c(c1)OCCO2. The molecule has 126 valence electrons. The van der Waals surface area contributed by atoms with E-state index in [4.69, 9.17) is 9.47 Å². The fraction of sp³-hybridized carbons (Fsp3) is 0.588. The summed E-state index contributed by atoms with van der Waals surface area (Å²) in [6.45, 7) is 3.60. The van der Waals surface area contributed by atoms with Crippen molar-refractivity contribution < 1.29 is 19.4 Å². The Morgan fingerprint density at radius 1 is 1.30 bits per heavy atom. The second kappa shape index (κ2) is 7.66. The Morgan fingerprint density at radius 3 is 2.96 bits per heavy atom. The highest BCUT2D eigenvalue weighted by Gasteiger charge is 2.19. The van der Waals surface area contributed by atoms with E-state index in [1.807, 2.05) is 23.1 Å². The van der Waals surface area contributed by atoms with Crippen LogP contribution in [0, 0.1) is 0 Å². The van der Waals surface area contributed by atoms with E-state index in [0.29, 0.717) is 32.8 Å². The molecule has 1 aromatic rings. The number of fused-ring (bicyclic) bond motifs is 1. The second-order valence-corrected chi connectivity index (χ2v) is 6.11. The van der Waals surface area contributed by atoms with E-state index in [9.17, 15) is 9.90 Å². The molecule has 2 aliphatic heterocycles. The fourth-order valence-corrected chi connectivity index (χ4v) is 3.02. The Morgan fingerprint density at radius 2 is 2.13 bits per heavy atom. The predicted octanol–water partition coefficient (Wildman–Crippen LogP) is 0.573. The van der Waals surface area contributed by atoms with E-state index in [1.54, 1.807) is 0 Å². The zero-order valence-corrected chi connectivity index (χ0v) is 13.3. The van der Waals surface area contributed by atoms with Crippen molar-refractivity contribution in [3.63, 3.8) is 0 Å². The molecule has 1 saturated heterocycles. The molecule has 6 heteroatoms. The van der Waals surface area contributed by atoms with Crippen LogP contribution in [0.3, 0.4) is 0 Å². The number of ether oxygens (including phenoxy) is 2. The third kappa shape index (κ3) is 4.59. The number of carbonyl (C=O) groups excluding carboxylic acids is 1. The van der Waals surface area contributed by atoms with E-state index >= 15 is 0 Å². The standard InChI is InChI=1S/C17H24N2O4/c20-14-2-1-7-19(11-14)12-17(21)18-6-5-13-3-4-15-16(10-13)23-9-8-22-15/h3-4,10,14,20H,1-2,5-9,11-12H2,(H,18,21). The van der Waals surface area contributed by atoms with Crippen LogP contribution in [0.25, 0.3) is 0 Å². The quantitative estimate of drug-likeness (QED) is 0.830. The molecule has 3 rings (SSSR count). The summed E-state index contributed by atoms with van der Waals surface area (Å²) in [6, 6.07) is 5.89. The molecular weight excluding hydrogens is 296 g/mol. The zero-order chi connectivity index (χ0) is 16.1. The lowest BCUT2D eigenvalue weighted by atomic mass is 10.1. The van der Waals surface area contributed by atoms with E-state index in [2.05, 4.69) is 5.32 Å². The lowest BCUT2D eigenvalue weighted by Crippen LogP contribution is -2.44. The van der Waals surface area contributed by atoms with Gasteiger partial charge in [0.15, 0.2) is 11.5 Å². The van der Waals surface area contributed by atoms with Crippen molar-refractivity contribution in [2.75, 3.05) is 39.4 Å². The first kappa shape index (κ1) is 16.1. The number of aliphatic hydroxyl groups is 1. The molecule has 0 bridgehead atoms. The van der Waals surface area contributed by atoms with Crippen LogP contribution in [-0.4, -0.2) is 61.4 Å². The number of hydrogen-bond donors (Lipinski definition) is 2. The summed E-state index contributed by atoms with van der Waals surface area (Å²) in [6.07, 6.45) is 2.24. The molecule has 1 fully saturated rings. The summed E-state index contributed by atoms with van der Waals surface area (Å²) >= 11 is 0. The zero-order valence-electron chi connectivity index (χ0n) is 13.3. The number of aliphatic hydroxyl groups excluding tert-OH is 1. The van der Waals surface area contributed by atoms with Crippen LogP contribution in [0.5, 0.6) is 11.5 Å². The number of hydrogen-bond acceptors (Lipinski definition) is 5. The second-order valence-electron chi connectivity index (χ2n) is 6.11. The van der Waals surface area contributed by atoms with Crippen LogP contribution in [-0.2, 0) is 11.2 Å². The number of nitrogens with one attached hydrogen (secondary N) is 1. The number of nitrogens with zero attached hydrogens (tertiary/aromatic N) is 1. The van der Waals surface area contributed by atoms with Crippen LogP contribution in [0.4, 0.5) is 0 Å². The Kier molecular flexibility index (Phi) is 5.35. The molecule has 0 radical (unpaired) electrons. The largest absolute Gasteiger partial charge is 0.486 e. The first-order chi connectivity index (χ1) is 11.2. The molecule has 1 amide bonds. The molecular formula is C17H24N2O4. The minimum absolute atomic E-state index is 0.0108. The highest BCUT2D eigenvalue weighted by Crippen LogP contribution is 2.30. The number of piperidine rings is 1. The van der Waals surface area contributed by atoms with Crippen molar-refractivity contribution in [2.45, 2.75) is 25.4 Å². The minimum Gasteiger partial charge on any atom is -0.486 e. The van der Waals surface area contributed by atoms with Gasteiger partial charge in [-0.15, -0.1) is 0 Å². The topological polar surface area (TPSA) is 71.0 Å². The van der Waals surface area contributed by atoms with Gasteiger partial charge in [-0.3, -0.25) is 9.69 Å². The minimum atomic E-state index is -0.297. The summed E-state index contributed by atoms with van der Waals surface area (Å²) in [5, 5.41) is 12.6. The predicted molar refractivity (Wildman–Crippen MR) is 85.8 cm³/mol. The fourth-order valence-electron chi connectivity index (χ4n) is 3.02. The van der Waals surface area contributed by atoms with Gasteiger partial charge in [0.2, 0.25) is 5.91 Å². The number of benzene rings is 1. The maximum Gasteiger partial charge on any atom is 0.234 e. The first-order valence-electron chi connectivity index (χ1n) is 8.26. The number of likely N-dealkylation sites (tertiary alicyclic amines) is 1. The average Bonchev–Trinajstić information content (AvgIpc) is 2.55. The molecule has 0 aromatic heterocycles. The Bertz CT molecular complexity index is 549. The van der Waals surface area contributed by atoms with Crippen LogP contribution >= 0.6 is 0 Å². The molecule has 0 aliphatic carbocycles. The summed E-state index contributed by atoms with van der Waals surface area (Å²) in [5.41, 5.74) is 1.11. The summed E-state index contributed by atoms with van der Waals surface area (Å²) < 4.78 is 11.1. The molecule has 1 atom stereocenters. The van der Waals surface area contributed by atoms with Crippen LogP contribution in [0.1, 0.15) is 18.4 Å². The maximum absolute atomic E-state index is 12.0. The molecule has 2 heterocycles. The van der Waals surface area contributed by atoms with Crippen LogP contribution in [0.2, 0.25) is 0 Å². The maximum atomic E-state index is 12.0. The van der Waals surface area contributed by atoms with Gasteiger partial charge in [0.05, 0.1) is 12.6 Å².